The van der Waals surface area contributed by atoms with Gasteiger partial charge in [0, 0.05) is 12.1 Å². The van der Waals surface area contributed by atoms with Crippen molar-refractivity contribution < 1.29 is 0 Å². The van der Waals surface area contributed by atoms with Crippen molar-refractivity contribution in [3.8, 4) is 5.69 Å². The normalized spacial score (nSPS) is 10.6. The van der Waals surface area contributed by atoms with E-state index in [-0.39, 0.29) is 0 Å². The van der Waals surface area contributed by atoms with Crippen molar-refractivity contribution in [2.75, 3.05) is 0 Å². The SMILES string of the molecule is Cc1cc(Cc2ccccc2)nn1-c1ccccc1. The minimum atomic E-state index is 0.877. The molecule has 19 heavy (non-hydrogen) atoms. The Kier molecular flexibility index (Phi) is 3.15. The lowest BCUT2D eigenvalue weighted by molar-refractivity contribution is 0.823. The molecule has 1 heterocycles. The van der Waals surface area contributed by atoms with Crippen molar-refractivity contribution in [2.45, 2.75) is 13.3 Å². The number of nitrogens with zero attached hydrogens (tertiary/aromatic N) is 2. The van der Waals surface area contributed by atoms with Gasteiger partial charge in [0.2, 0.25) is 0 Å². The van der Waals surface area contributed by atoms with Crippen LogP contribution < -0.4 is 0 Å². The van der Waals surface area contributed by atoms with Crippen molar-refractivity contribution in [3.05, 3.63) is 83.7 Å². The van der Waals surface area contributed by atoms with Crippen LogP contribution in [0.5, 0.6) is 0 Å². The third-order valence-corrected chi connectivity index (χ3v) is 3.17. The van der Waals surface area contributed by atoms with E-state index >= 15 is 0 Å². The van der Waals surface area contributed by atoms with Crippen LogP contribution in [-0.4, -0.2) is 9.78 Å². The van der Waals surface area contributed by atoms with Crippen molar-refractivity contribution in [1.82, 2.24) is 9.78 Å². The fourth-order valence-electron chi connectivity index (χ4n) is 2.26. The molecule has 0 radical (unpaired) electrons. The predicted octanol–water partition coefficient (Wildman–Crippen LogP) is 3.77. The molecule has 0 saturated heterocycles. The number of hydrogen-bond acceptors (Lipinski definition) is 1. The molecule has 0 aliphatic heterocycles. The van der Waals surface area contributed by atoms with Gasteiger partial charge in [0.1, 0.15) is 0 Å². The van der Waals surface area contributed by atoms with E-state index in [0.717, 1.165) is 23.5 Å². The maximum atomic E-state index is 4.69. The fraction of sp³-hybridized carbons (Fsp3) is 0.118. The van der Waals surface area contributed by atoms with Gasteiger partial charge in [-0.2, -0.15) is 5.10 Å². The van der Waals surface area contributed by atoms with E-state index in [1.54, 1.807) is 0 Å². The highest BCUT2D eigenvalue weighted by atomic mass is 15.3. The van der Waals surface area contributed by atoms with Gasteiger partial charge in [-0.15, -0.1) is 0 Å². The molecule has 2 heteroatoms. The van der Waals surface area contributed by atoms with Crippen LogP contribution >= 0.6 is 0 Å². The Morgan fingerprint density at radius 3 is 2.21 bits per heavy atom. The molecule has 0 amide bonds. The van der Waals surface area contributed by atoms with Crippen LogP contribution in [-0.2, 0) is 6.42 Å². The predicted molar refractivity (Wildman–Crippen MR) is 77.5 cm³/mol. The number of aromatic nitrogens is 2. The van der Waals surface area contributed by atoms with Gasteiger partial charge in [-0.1, -0.05) is 48.5 Å². The average molecular weight is 248 g/mol. The molecular weight excluding hydrogens is 232 g/mol. The molecule has 0 fully saturated rings. The van der Waals surface area contributed by atoms with E-state index in [1.807, 2.05) is 28.9 Å². The fourth-order valence-corrected chi connectivity index (χ4v) is 2.26. The average Bonchev–Trinajstić information content (AvgIpc) is 2.82. The van der Waals surface area contributed by atoms with Gasteiger partial charge in [-0.25, -0.2) is 4.68 Å². The standard InChI is InChI=1S/C17H16N2/c1-14-12-16(13-15-8-4-2-5-9-15)18-19(14)17-10-6-3-7-11-17/h2-12H,13H2,1H3. The van der Waals surface area contributed by atoms with Crippen LogP contribution in [0.3, 0.4) is 0 Å². The number of para-hydroxylation sites is 1. The highest BCUT2D eigenvalue weighted by Gasteiger charge is 2.06. The van der Waals surface area contributed by atoms with Gasteiger partial charge in [0.05, 0.1) is 11.4 Å². The minimum Gasteiger partial charge on any atom is -0.238 e. The van der Waals surface area contributed by atoms with E-state index in [2.05, 4.69) is 49.4 Å². The van der Waals surface area contributed by atoms with Crippen LogP contribution in [0, 0.1) is 6.92 Å². The second-order valence-electron chi connectivity index (χ2n) is 4.69. The molecule has 0 atom stereocenters. The number of aryl methyl sites for hydroxylation is 1. The first-order valence-corrected chi connectivity index (χ1v) is 6.48. The lowest BCUT2D eigenvalue weighted by Gasteiger charge is -2.03. The molecular formula is C17H16N2. The smallest absolute Gasteiger partial charge is 0.0675 e. The zero-order valence-electron chi connectivity index (χ0n) is 11.0. The Labute approximate surface area is 113 Å². The van der Waals surface area contributed by atoms with Gasteiger partial charge in [0.25, 0.3) is 0 Å². The molecule has 2 aromatic carbocycles. The Bertz CT molecular complexity index is 654. The van der Waals surface area contributed by atoms with E-state index < -0.39 is 0 Å². The molecule has 1 aromatic heterocycles. The quantitative estimate of drug-likeness (QED) is 0.690. The summed E-state index contributed by atoms with van der Waals surface area (Å²) in [6.45, 7) is 2.09. The summed E-state index contributed by atoms with van der Waals surface area (Å²) in [5.74, 6) is 0. The van der Waals surface area contributed by atoms with Crippen molar-refractivity contribution in [1.29, 1.82) is 0 Å². The maximum absolute atomic E-state index is 4.69. The lowest BCUT2D eigenvalue weighted by atomic mass is 10.1. The molecule has 0 spiro atoms. The van der Waals surface area contributed by atoms with Crippen LogP contribution in [0.4, 0.5) is 0 Å². The summed E-state index contributed by atoms with van der Waals surface area (Å²) in [6.07, 6.45) is 0.877. The molecule has 94 valence electrons. The molecule has 0 aliphatic carbocycles. The van der Waals surface area contributed by atoms with Crippen LogP contribution in [0.25, 0.3) is 5.69 Å². The molecule has 0 N–H and O–H groups in total. The second kappa shape index (κ2) is 5.11. The Morgan fingerprint density at radius 1 is 0.895 bits per heavy atom. The first-order valence-electron chi connectivity index (χ1n) is 6.48. The summed E-state index contributed by atoms with van der Waals surface area (Å²) >= 11 is 0. The van der Waals surface area contributed by atoms with Gasteiger partial charge < -0.3 is 0 Å². The first kappa shape index (κ1) is 11.7. The summed E-state index contributed by atoms with van der Waals surface area (Å²) in [5.41, 5.74) is 4.67. The number of benzene rings is 2. The Balaban J connectivity index is 1.90. The van der Waals surface area contributed by atoms with Gasteiger partial charge >= 0.3 is 0 Å². The van der Waals surface area contributed by atoms with Crippen molar-refractivity contribution >= 4 is 0 Å². The third kappa shape index (κ3) is 2.58. The molecule has 0 bridgehead atoms. The highest BCUT2D eigenvalue weighted by Crippen LogP contribution is 2.14. The lowest BCUT2D eigenvalue weighted by Crippen LogP contribution is -1.99. The number of rotatable bonds is 3. The van der Waals surface area contributed by atoms with E-state index in [0.29, 0.717) is 0 Å². The summed E-state index contributed by atoms with van der Waals surface area (Å²) < 4.78 is 2.00. The number of hydrogen-bond donors (Lipinski definition) is 0. The topological polar surface area (TPSA) is 17.8 Å². The summed E-state index contributed by atoms with van der Waals surface area (Å²) in [5, 5.41) is 4.69. The van der Waals surface area contributed by atoms with Crippen molar-refractivity contribution in [3.63, 3.8) is 0 Å². The van der Waals surface area contributed by atoms with Crippen LogP contribution in [0.2, 0.25) is 0 Å². The van der Waals surface area contributed by atoms with Crippen LogP contribution in [0.1, 0.15) is 17.0 Å². The van der Waals surface area contributed by atoms with Gasteiger partial charge in [0.15, 0.2) is 0 Å². The van der Waals surface area contributed by atoms with E-state index in [4.69, 9.17) is 5.10 Å². The van der Waals surface area contributed by atoms with Gasteiger partial charge in [-0.05, 0) is 30.7 Å². The van der Waals surface area contributed by atoms with E-state index in [9.17, 15) is 0 Å². The molecule has 3 rings (SSSR count). The summed E-state index contributed by atoms with van der Waals surface area (Å²) in [7, 11) is 0. The van der Waals surface area contributed by atoms with Gasteiger partial charge in [-0.3, -0.25) is 0 Å². The molecule has 0 aliphatic rings. The second-order valence-corrected chi connectivity index (χ2v) is 4.69. The summed E-state index contributed by atoms with van der Waals surface area (Å²) in [4.78, 5) is 0. The largest absolute Gasteiger partial charge is 0.238 e. The van der Waals surface area contributed by atoms with Crippen molar-refractivity contribution in [2.24, 2.45) is 0 Å². The summed E-state index contributed by atoms with van der Waals surface area (Å²) in [6, 6.07) is 22.8. The first-order chi connectivity index (χ1) is 9.33. The maximum Gasteiger partial charge on any atom is 0.0675 e. The van der Waals surface area contributed by atoms with Crippen LogP contribution in [0.15, 0.2) is 66.7 Å². The molecule has 0 saturated carbocycles. The molecule has 2 nitrogen and oxygen atoms in total. The minimum absolute atomic E-state index is 0.877. The third-order valence-electron chi connectivity index (χ3n) is 3.17. The van der Waals surface area contributed by atoms with E-state index in [1.165, 1.54) is 5.56 Å². The highest BCUT2D eigenvalue weighted by molar-refractivity contribution is 5.34. The molecule has 3 aromatic rings. The Morgan fingerprint density at radius 2 is 1.53 bits per heavy atom. The zero-order chi connectivity index (χ0) is 13.1. The zero-order valence-corrected chi connectivity index (χ0v) is 11.0. The monoisotopic (exact) mass is 248 g/mol. The Hall–Kier alpha value is -2.35. The molecule has 0 unspecified atom stereocenters.